The first kappa shape index (κ1) is 18.8. The van der Waals surface area contributed by atoms with Gasteiger partial charge in [-0.2, -0.15) is 5.10 Å². The van der Waals surface area contributed by atoms with E-state index in [9.17, 15) is 4.79 Å². The highest BCUT2D eigenvalue weighted by molar-refractivity contribution is 5.91. The third-order valence-electron chi connectivity index (χ3n) is 4.63. The number of rotatable bonds is 6. The second kappa shape index (κ2) is 7.75. The molecule has 3 aromatic rings. The molecular weight excluding hydrogens is 344 g/mol. The van der Waals surface area contributed by atoms with Crippen LogP contribution in [0.5, 0.6) is 0 Å². The number of hydrogen-bond acceptors (Lipinski definition) is 5. The number of methoxy groups -OCH3 is 1. The molecule has 0 spiro atoms. The smallest absolute Gasteiger partial charge is 0.250 e. The van der Waals surface area contributed by atoms with E-state index in [0.29, 0.717) is 18.1 Å². The molecule has 0 bridgehead atoms. The summed E-state index contributed by atoms with van der Waals surface area (Å²) in [6, 6.07) is 7.36. The van der Waals surface area contributed by atoms with Crippen LogP contribution >= 0.6 is 0 Å². The molecule has 7 nitrogen and oxygen atoms in total. The van der Waals surface area contributed by atoms with Gasteiger partial charge in [0.1, 0.15) is 18.1 Å². The Morgan fingerprint density at radius 3 is 2.48 bits per heavy atom. The standard InChI is InChI=1S/C20H24N4O3/c1-12-13(2)23-24(14(12)3)10-18-15(4)27-20(22-18)16-6-8-17(9-7-16)21-19(25)11-26-5/h6-9H,10-11H2,1-5H3,(H,21,25). The van der Waals surface area contributed by atoms with E-state index in [1.807, 2.05) is 42.8 Å². The third-order valence-corrected chi connectivity index (χ3v) is 4.63. The minimum atomic E-state index is -0.195. The Morgan fingerprint density at radius 2 is 1.89 bits per heavy atom. The number of anilines is 1. The SMILES string of the molecule is COCC(=O)Nc1ccc(-c2nc(Cn3nc(C)c(C)c3C)c(C)o2)cc1. The number of amides is 1. The second-order valence-electron chi connectivity index (χ2n) is 6.53. The first-order chi connectivity index (χ1) is 12.9. The maximum atomic E-state index is 11.6. The van der Waals surface area contributed by atoms with Crippen LogP contribution in [0.1, 0.15) is 28.4 Å². The number of carbonyl (C=O) groups is 1. The molecule has 2 heterocycles. The van der Waals surface area contributed by atoms with Crippen LogP contribution in [0.4, 0.5) is 5.69 Å². The van der Waals surface area contributed by atoms with Crippen LogP contribution in [0.3, 0.4) is 0 Å². The Kier molecular flexibility index (Phi) is 5.41. The van der Waals surface area contributed by atoms with E-state index in [2.05, 4.69) is 29.2 Å². The summed E-state index contributed by atoms with van der Waals surface area (Å²) in [5.74, 6) is 1.13. The first-order valence-electron chi connectivity index (χ1n) is 8.75. The predicted molar refractivity (Wildman–Crippen MR) is 103 cm³/mol. The minimum Gasteiger partial charge on any atom is -0.441 e. The van der Waals surface area contributed by atoms with Gasteiger partial charge in [0.25, 0.3) is 0 Å². The molecule has 27 heavy (non-hydrogen) atoms. The summed E-state index contributed by atoms with van der Waals surface area (Å²) in [6.07, 6.45) is 0. The van der Waals surface area contributed by atoms with E-state index in [0.717, 1.165) is 28.4 Å². The zero-order valence-corrected chi connectivity index (χ0v) is 16.3. The molecule has 0 aliphatic carbocycles. The predicted octanol–water partition coefficient (Wildman–Crippen LogP) is 3.40. The van der Waals surface area contributed by atoms with Crippen molar-refractivity contribution < 1.29 is 13.9 Å². The lowest BCUT2D eigenvalue weighted by Gasteiger charge is -2.04. The van der Waals surface area contributed by atoms with E-state index in [4.69, 9.17) is 9.15 Å². The number of nitrogens with zero attached hydrogens (tertiary/aromatic N) is 3. The lowest BCUT2D eigenvalue weighted by Crippen LogP contribution is -2.16. The highest BCUT2D eigenvalue weighted by Crippen LogP contribution is 2.24. The second-order valence-corrected chi connectivity index (χ2v) is 6.53. The summed E-state index contributed by atoms with van der Waals surface area (Å²) < 4.78 is 12.6. The van der Waals surface area contributed by atoms with Gasteiger partial charge in [0.05, 0.1) is 12.2 Å². The molecule has 2 aromatic heterocycles. The molecule has 0 aliphatic heterocycles. The Labute approximate surface area is 158 Å². The molecule has 3 rings (SSSR count). The number of benzene rings is 1. The summed E-state index contributed by atoms with van der Waals surface area (Å²) in [7, 11) is 1.48. The molecule has 0 saturated carbocycles. The zero-order valence-electron chi connectivity index (χ0n) is 16.3. The van der Waals surface area contributed by atoms with Crippen molar-refractivity contribution in [2.75, 3.05) is 19.0 Å². The molecule has 1 amide bonds. The van der Waals surface area contributed by atoms with Gasteiger partial charge in [0.2, 0.25) is 11.8 Å². The third kappa shape index (κ3) is 4.09. The molecule has 0 saturated heterocycles. The van der Waals surface area contributed by atoms with Crippen molar-refractivity contribution in [3.05, 3.63) is 52.7 Å². The van der Waals surface area contributed by atoms with Crippen LogP contribution < -0.4 is 5.32 Å². The normalized spacial score (nSPS) is 11.0. The number of carbonyl (C=O) groups excluding carboxylic acids is 1. The minimum absolute atomic E-state index is 0.0236. The van der Waals surface area contributed by atoms with Crippen molar-refractivity contribution in [1.29, 1.82) is 0 Å². The highest BCUT2D eigenvalue weighted by atomic mass is 16.5. The summed E-state index contributed by atoms with van der Waals surface area (Å²) >= 11 is 0. The molecule has 7 heteroatoms. The monoisotopic (exact) mass is 368 g/mol. The Bertz CT molecular complexity index is 955. The lowest BCUT2D eigenvalue weighted by molar-refractivity contribution is -0.119. The summed E-state index contributed by atoms with van der Waals surface area (Å²) in [4.78, 5) is 16.2. The number of ether oxygens (including phenoxy) is 1. The molecule has 0 radical (unpaired) electrons. The Hall–Kier alpha value is -2.93. The fraction of sp³-hybridized carbons (Fsp3) is 0.350. The van der Waals surface area contributed by atoms with Crippen molar-refractivity contribution in [2.45, 2.75) is 34.2 Å². The number of nitrogens with one attached hydrogen (secondary N) is 1. The molecule has 142 valence electrons. The van der Waals surface area contributed by atoms with E-state index in [1.54, 1.807) is 0 Å². The number of oxazole rings is 1. The molecule has 0 aliphatic rings. The van der Waals surface area contributed by atoms with Crippen molar-refractivity contribution in [2.24, 2.45) is 0 Å². The summed E-state index contributed by atoms with van der Waals surface area (Å²) in [5.41, 5.74) is 5.75. The number of aromatic nitrogens is 3. The van der Waals surface area contributed by atoms with Gasteiger partial charge in [-0.15, -0.1) is 0 Å². The van der Waals surface area contributed by atoms with Crippen molar-refractivity contribution >= 4 is 11.6 Å². The topological polar surface area (TPSA) is 82.2 Å². The van der Waals surface area contributed by atoms with E-state index in [-0.39, 0.29) is 12.5 Å². The summed E-state index contributed by atoms with van der Waals surface area (Å²) in [6.45, 7) is 8.64. The molecule has 1 aromatic carbocycles. The maximum Gasteiger partial charge on any atom is 0.250 e. The Morgan fingerprint density at radius 1 is 1.19 bits per heavy atom. The summed E-state index contributed by atoms with van der Waals surface area (Å²) in [5, 5.41) is 7.33. The van der Waals surface area contributed by atoms with Gasteiger partial charge < -0.3 is 14.5 Å². The van der Waals surface area contributed by atoms with Gasteiger partial charge >= 0.3 is 0 Å². The molecule has 0 fully saturated rings. The van der Waals surface area contributed by atoms with E-state index in [1.165, 1.54) is 12.7 Å². The van der Waals surface area contributed by atoms with Crippen LogP contribution in [-0.4, -0.2) is 34.4 Å². The average molecular weight is 368 g/mol. The van der Waals surface area contributed by atoms with Gasteiger partial charge in [0.15, 0.2) is 0 Å². The highest BCUT2D eigenvalue weighted by Gasteiger charge is 2.15. The molecule has 0 unspecified atom stereocenters. The fourth-order valence-electron chi connectivity index (χ4n) is 2.80. The molecule has 1 N–H and O–H groups in total. The van der Waals surface area contributed by atoms with Gasteiger partial charge in [-0.1, -0.05) is 0 Å². The maximum absolute atomic E-state index is 11.6. The van der Waals surface area contributed by atoms with Crippen LogP contribution in [0.25, 0.3) is 11.5 Å². The van der Waals surface area contributed by atoms with Crippen molar-refractivity contribution in [1.82, 2.24) is 14.8 Å². The van der Waals surface area contributed by atoms with Gasteiger partial charge in [0, 0.05) is 24.1 Å². The number of aryl methyl sites for hydroxylation is 2. The fourth-order valence-corrected chi connectivity index (χ4v) is 2.80. The first-order valence-corrected chi connectivity index (χ1v) is 8.75. The van der Waals surface area contributed by atoms with E-state index >= 15 is 0 Å². The quantitative estimate of drug-likeness (QED) is 0.721. The lowest BCUT2D eigenvalue weighted by atomic mass is 10.2. The van der Waals surface area contributed by atoms with Gasteiger partial charge in [-0.3, -0.25) is 9.48 Å². The largest absolute Gasteiger partial charge is 0.441 e. The molecular formula is C20H24N4O3. The van der Waals surface area contributed by atoms with Crippen molar-refractivity contribution in [3.8, 4) is 11.5 Å². The molecule has 0 atom stereocenters. The number of hydrogen-bond donors (Lipinski definition) is 1. The van der Waals surface area contributed by atoms with Crippen LogP contribution in [0, 0.1) is 27.7 Å². The zero-order chi connectivity index (χ0) is 19.6. The van der Waals surface area contributed by atoms with Crippen LogP contribution in [-0.2, 0) is 16.1 Å². The average Bonchev–Trinajstić information content (AvgIpc) is 3.11. The van der Waals surface area contributed by atoms with Gasteiger partial charge in [-0.25, -0.2) is 4.98 Å². The van der Waals surface area contributed by atoms with Crippen LogP contribution in [0.15, 0.2) is 28.7 Å². The van der Waals surface area contributed by atoms with Gasteiger partial charge in [-0.05, 0) is 57.5 Å². The van der Waals surface area contributed by atoms with Crippen molar-refractivity contribution in [3.63, 3.8) is 0 Å². The Balaban J connectivity index is 1.77. The van der Waals surface area contributed by atoms with Crippen LogP contribution in [0.2, 0.25) is 0 Å². The van der Waals surface area contributed by atoms with E-state index < -0.39 is 0 Å².